The molecule has 0 bridgehead atoms. The average molecular weight is 326 g/mol. The molecule has 1 N–H and O–H groups in total. The summed E-state index contributed by atoms with van der Waals surface area (Å²) in [5.41, 5.74) is 2.10. The van der Waals surface area contributed by atoms with Gasteiger partial charge in [-0.3, -0.25) is 4.79 Å². The second-order valence-electron chi connectivity index (χ2n) is 4.26. The zero-order valence-corrected chi connectivity index (χ0v) is 13.4. The van der Waals surface area contributed by atoms with E-state index in [0.29, 0.717) is 15.6 Å². The molecule has 0 radical (unpaired) electrons. The fraction of sp³-hybridized carbons (Fsp3) is 0.133. The molecule has 5 heteroatoms. The SMILES string of the molecule is CSc1ccc(Cl)c(C(=O)Nc2ccc(Cl)cc2C)c1. The molecule has 0 aliphatic carbocycles. The van der Waals surface area contributed by atoms with Crippen LogP contribution in [0.15, 0.2) is 41.3 Å². The molecular formula is C15H13Cl2NOS. The maximum atomic E-state index is 12.3. The van der Waals surface area contributed by atoms with Crippen molar-refractivity contribution in [2.24, 2.45) is 0 Å². The number of rotatable bonds is 3. The van der Waals surface area contributed by atoms with Gasteiger partial charge in [-0.2, -0.15) is 0 Å². The van der Waals surface area contributed by atoms with Gasteiger partial charge < -0.3 is 5.32 Å². The number of carbonyl (C=O) groups excluding carboxylic acids is 1. The third-order valence-corrected chi connectivity index (χ3v) is 4.14. The van der Waals surface area contributed by atoms with Crippen molar-refractivity contribution in [1.82, 2.24) is 0 Å². The summed E-state index contributed by atoms with van der Waals surface area (Å²) in [4.78, 5) is 13.3. The maximum Gasteiger partial charge on any atom is 0.257 e. The number of amides is 1. The Morgan fingerprint density at radius 3 is 2.55 bits per heavy atom. The number of aryl methyl sites for hydroxylation is 1. The van der Waals surface area contributed by atoms with Crippen molar-refractivity contribution in [3.63, 3.8) is 0 Å². The smallest absolute Gasteiger partial charge is 0.257 e. The molecule has 0 aromatic heterocycles. The molecule has 2 nitrogen and oxygen atoms in total. The fourth-order valence-corrected chi connectivity index (χ4v) is 2.63. The largest absolute Gasteiger partial charge is 0.322 e. The van der Waals surface area contributed by atoms with Crippen LogP contribution in [0.2, 0.25) is 10.0 Å². The molecule has 0 unspecified atom stereocenters. The average Bonchev–Trinajstić information content (AvgIpc) is 2.42. The van der Waals surface area contributed by atoms with E-state index in [0.717, 1.165) is 16.1 Å². The monoisotopic (exact) mass is 325 g/mol. The predicted molar refractivity (Wildman–Crippen MR) is 87.4 cm³/mol. The van der Waals surface area contributed by atoms with Gasteiger partial charge in [-0.05, 0) is 55.1 Å². The van der Waals surface area contributed by atoms with Crippen LogP contribution >= 0.6 is 35.0 Å². The van der Waals surface area contributed by atoms with E-state index in [1.54, 1.807) is 42.1 Å². The lowest BCUT2D eigenvalue weighted by Crippen LogP contribution is -2.13. The lowest BCUT2D eigenvalue weighted by Gasteiger charge is -2.10. The van der Waals surface area contributed by atoms with Crippen LogP contribution in [0.5, 0.6) is 0 Å². The first-order valence-corrected chi connectivity index (χ1v) is 7.90. The minimum absolute atomic E-state index is 0.226. The van der Waals surface area contributed by atoms with Crippen LogP contribution in [-0.2, 0) is 0 Å². The van der Waals surface area contributed by atoms with E-state index in [-0.39, 0.29) is 5.91 Å². The van der Waals surface area contributed by atoms with Crippen molar-refractivity contribution in [3.05, 3.63) is 57.6 Å². The Morgan fingerprint density at radius 1 is 1.15 bits per heavy atom. The third kappa shape index (κ3) is 3.48. The first-order chi connectivity index (χ1) is 9.51. The number of carbonyl (C=O) groups is 1. The number of halogens is 2. The summed E-state index contributed by atoms with van der Waals surface area (Å²) in [6, 6.07) is 10.7. The van der Waals surface area contributed by atoms with Gasteiger partial charge in [0.2, 0.25) is 0 Å². The summed E-state index contributed by atoms with van der Waals surface area (Å²) >= 11 is 13.6. The highest BCUT2D eigenvalue weighted by Crippen LogP contribution is 2.25. The van der Waals surface area contributed by atoms with Crippen molar-refractivity contribution < 1.29 is 4.79 Å². The van der Waals surface area contributed by atoms with Gasteiger partial charge in [-0.25, -0.2) is 0 Å². The molecule has 2 rings (SSSR count). The lowest BCUT2D eigenvalue weighted by atomic mass is 10.1. The second-order valence-corrected chi connectivity index (χ2v) is 5.98. The number of nitrogens with one attached hydrogen (secondary N) is 1. The molecule has 0 saturated heterocycles. The number of thioether (sulfide) groups is 1. The molecule has 0 heterocycles. The van der Waals surface area contributed by atoms with Crippen LogP contribution in [0.25, 0.3) is 0 Å². The molecule has 2 aromatic carbocycles. The van der Waals surface area contributed by atoms with Crippen LogP contribution in [-0.4, -0.2) is 12.2 Å². The zero-order valence-electron chi connectivity index (χ0n) is 11.0. The normalized spacial score (nSPS) is 10.4. The van der Waals surface area contributed by atoms with Crippen molar-refractivity contribution in [3.8, 4) is 0 Å². The maximum absolute atomic E-state index is 12.3. The van der Waals surface area contributed by atoms with Crippen molar-refractivity contribution in [2.75, 3.05) is 11.6 Å². The Bertz CT molecular complexity index is 658. The highest BCUT2D eigenvalue weighted by Gasteiger charge is 2.12. The molecule has 0 saturated carbocycles. The number of benzene rings is 2. The zero-order chi connectivity index (χ0) is 14.7. The molecule has 104 valence electrons. The van der Waals surface area contributed by atoms with Gasteiger partial charge in [-0.15, -0.1) is 11.8 Å². The van der Waals surface area contributed by atoms with Crippen LogP contribution in [0.1, 0.15) is 15.9 Å². The summed E-state index contributed by atoms with van der Waals surface area (Å²) in [7, 11) is 0. The summed E-state index contributed by atoms with van der Waals surface area (Å²) in [6.45, 7) is 1.89. The van der Waals surface area contributed by atoms with E-state index in [4.69, 9.17) is 23.2 Å². The highest BCUT2D eigenvalue weighted by atomic mass is 35.5. The minimum Gasteiger partial charge on any atom is -0.322 e. The van der Waals surface area contributed by atoms with Crippen LogP contribution in [0, 0.1) is 6.92 Å². The van der Waals surface area contributed by atoms with E-state index in [1.807, 2.05) is 19.2 Å². The van der Waals surface area contributed by atoms with Gasteiger partial charge >= 0.3 is 0 Å². The molecule has 0 aliphatic heterocycles. The Morgan fingerprint density at radius 2 is 1.90 bits per heavy atom. The Balaban J connectivity index is 2.28. The minimum atomic E-state index is -0.226. The summed E-state index contributed by atoms with van der Waals surface area (Å²) in [6.07, 6.45) is 1.95. The Kier molecular flexibility index (Phi) is 4.97. The van der Waals surface area contributed by atoms with E-state index < -0.39 is 0 Å². The number of anilines is 1. The number of hydrogen-bond donors (Lipinski definition) is 1. The van der Waals surface area contributed by atoms with Gasteiger partial charge in [-0.1, -0.05) is 23.2 Å². The van der Waals surface area contributed by atoms with Crippen molar-refractivity contribution in [1.29, 1.82) is 0 Å². The molecule has 0 atom stereocenters. The highest BCUT2D eigenvalue weighted by molar-refractivity contribution is 7.98. The van der Waals surface area contributed by atoms with Gasteiger partial charge in [0, 0.05) is 15.6 Å². The van der Waals surface area contributed by atoms with E-state index in [1.165, 1.54) is 0 Å². The summed E-state index contributed by atoms with van der Waals surface area (Å²) < 4.78 is 0. The van der Waals surface area contributed by atoms with Gasteiger partial charge in [0.1, 0.15) is 0 Å². The molecule has 20 heavy (non-hydrogen) atoms. The van der Waals surface area contributed by atoms with Gasteiger partial charge in [0.25, 0.3) is 5.91 Å². The van der Waals surface area contributed by atoms with Crippen molar-refractivity contribution >= 4 is 46.6 Å². The van der Waals surface area contributed by atoms with E-state index >= 15 is 0 Å². The summed E-state index contributed by atoms with van der Waals surface area (Å²) in [5, 5.41) is 3.93. The Labute approximate surface area is 132 Å². The van der Waals surface area contributed by atoms with E-state index in [2.05, 4.69) is 5.32 Å². The quantitative estimate of drug-likeness (QED) is 0.778. The topological polar surface area (TPSA) is 29.1 Å². The molecule has 0 fully saturated rings. The standard InChI is InChI=1S/C15H13Cl2NOS/c1-9-7-10(16)3-6-14(9)18-15(19)12-8-11(20-2)4-5-13(12)17/h3-8H,1-2H3,(H,18,19). The van der Waals surface area contributed by atoms with Gasteiger partial charge in [0.15, 0.2) is 0 Å². The molecule has 2 aromatic rings. The molecule has 1 amide bonds. The fourth-order valence-electron chi connectivity index (χ4n) is 1.76. The lowest BCUT2D eigenvalue weighted by molar-refractivity contribution is 0.102. The van der Waals surface area contributed by atoms with Crippen LogP contribution < -0.4 is 5.32 Å². The van der Waals surface area contributed by atoms with Gasteiger partial charge in [0.05, 0.1) is 10.6 Å². The molecule has 0 spiro atoms. The second kappa shape index (κ2) is 6.53. The first kappa shape index (κ1) is 15.2. The Hall–Kier alpha value is -1.16. The molecular weight excluding hydrogens is 313 g/mol. The predicted octanol–water partition coefficient (Wildman–Crippen LogP) is 5.28. The molecule has 0 aliphatic rings. The number of hydrogen-bond acceptors (Lipinski definition) is 2. The van der Waals surface area contributed by atoms with Crippen LogP contribution in [0.4, 0.5) is 5.69 Å². The van der Waals surface area contributed by atoms with Crippen LogP contribution in [0.3, 0.4) is 0 Å². The summed E-state index contributed by atoms with van der Waals surface area (Å²) in [5.74, 6) is -0.226. The van der Waals surface area contributed by atoms with E-state index in [9.17, 15) is 4.79 Å². The third-order valence-electron chi connectivity index (χ3n) is 2.85. The first-order valence-electron chi connectivity index (χ1n) is 5.92. The van der Waals surface area contributed by atoms with Crippen molar-refractivity contribution in [2.45, 2.75) is 11.8 Å².